The highest BCUT2D eigenvalue weighted by molar-refractivity contribution is 6.27. The highest BCUT2D eigenvalue weighted by Gasteiger charge is 2.22. The topological polar surface area (TPSA) is 13.1 Å². The third-order valence-corrected chi connectivity index (χ3v) is 10.2. The van der Waals surface area contributed by atoms with Gasteiger partial charge in [-0.05, 0) is 100 Å². The second kappa shape index (κ2) is 10.9. The molecule has 0 unspecified atom stereocenters. The minimum Gasteiger partial charge on any atom is -0.455 e. The molecule has 0 atom stereocenters. The Morgan fingerprint density at radius 2 is 0.961 bits per heavy atom. The molecule has 0 aliphatic carbocycles. The number of furan rings is 1. The Labute approximate surface area is 305 Å². The Morgan fingerprint density at radius 1 is 0.353 bits per heavy atom. The van der Waals surface area contributed by atoms with E-state index in [0.29, 0.717) is 27.9 Å². The molecule has 0 fully saturated rings. The second-order valence-electron chi connectivity index (χ2n) is 13.0. The lowest BCUT2D eigenvalue weighted by Crippen LogP contribution is -1.92. The first-order chi connectivity index (χ1) is 28.6. The van der Waals surface area contributed by atoms with E-state index in [1.165, 1.54) is 0 Å². The van der Waals surface area contributed by atoms with Crippen molar-refractivity contribution in [2.75, 3.05) is 0 Å². The first kappa shape index (κ1) is 21.4. The van der Waals surface area contributed by atoms with Crippen LogP contribution in [0.5, 0.6) is 0 Å². The average molecular weight is 655 g/mol. The van der Waals surface area contributed by atoms with Crippen molar-refractivity contribution >= 4 is 75.8 Å². The van der Waals surface area contributed by atoms with Gasteiger partial charge in [0.2, 0.25) is 0 Å². The Balaban J connectivity index is 1.42. The van der Waals surface area contributed by atoms with E-state index in [-0.39, 0.29) is 51.3 Å². The van der Waals surface area contributed by atoms with Crippen LogP contribution in [-0.2, 0) is 0 Å². The predicted molar refractivity (Wildman–Crippen MR) is 218 cm³/mol. The maximum absolute atomic E-state index is 9.66. The summed E-state index contributed by atoms with van der Waals surface area (Å²) in [4.78, 5) is 0. The maximum Gasteiger partial charge on any atom is 0.143 e. The fourth-order valence-corrected chi connectivity index (χ4v) is 7.97. The van der Waals surface area contributed by atoms with Crippen molar-refractivity contribution in [1.29, 1.82) is 0 Å². The van der Waals surface area contributed by atoms with E-state index in [1.807, 2.05) is 121 Å². The van der Waals surface area contributed by atoms with Crippen LogP contribution in [0.25, 0.3) is 109 Å². The lowest BCUT2D eigenvalue weighted by Gasteiger charge is -2.19. The average Bonchev–Trinajstić information content (AvgIpc) is 3.63. The lowest BCUT2D eigenvalue weighted by atomic mass is 9.83. The standard InChI is InChI=1S/C50H30O/c1-2-13-31(14-3-1)35-28-45-44-27-33-16-4-5-17-34(33)30-47(44)51-50(45)46(29-35)49-42-21-10-8-19-40(42)48(41-20-9-11-22-43(41)49)39-24-12-23-37-36-18-7-6-15-32(36)25-26-38(37)39/h1-30H/i8D,9D,10D,11D,19D,20D,21D,22D. The third-order valence-electron chi connectivity index (χ3n) is 10.2. The molecule has 0 aliphatic heterocycles. The van der Waals surface area contributed by atoms with Crippen molar-refractivity contribution in [3.05, 3.63) is 182 Å². The van der Waals surface area contributed by atoms with Gasteiger partial charge in [-0.1, -0.05) is 158 Å². The molecule has 11 rings (SSSR count). The molecular weight excluding hydrogens is 617 g/mol. The quantitative estimate of drug-likeness (QED) is 0.136. The van der Waals surface area contributed by atoms with Crippen LogP contribution < -0.4 is 0 Å². The molecule has 0 saturated heterocycles. The van der Waals surface area contributed by atoms with Crippen molar-refractivity contribution in [3.8, 4) is 33.4 Å². The monoisotopic (exact) mass is 654 g/mol. The van der Waals surface area contributed by atoms with Crippen LogP contribution in [0.3, 0.4) is 0 Å². The highest BCUT2D eigenvalue weighted by atomic mass is 16.3. The van der Waals surface area contributed by atoms with Crippen molar-refractivity contribution in [2.45, 2.75) is 0 Å². The van der Waals surface area contributed by atoms with Gasteiger partial charge in [0.1, 0.15) is 11.2 Å². The largest absolute Gasteiger partial charge is 0.455 e. The molecule has 0 saturated carbocycles. The molecule has 1 aromatic heterocycles. The zero-order chi connectivity index (χ0) is 40.4. The molecular formula is C50H30O. The van der Waals surface area contributed by atoms with Gasteiger partial charge in [0.25, 0.3) is 0 Å². The Hall–Kier alpha value is -6.70. The predicted octanol–water partition coefficient (Wildman–Crippen LogP) is 14.4. The molecule has 1 heteroatoms. The van der Waals surface area contributed by atoms with Crippen molar-refractivity contribution in [1.82, 2.24) is 0 Å². The van der Waals surface area contributed by atoms with Gasteiger partial charge in [-0.2, -0.15) is 0 Å². The summed E-state index contributed by atoms with van der Waals surface area (Å²) in [5.74, 6) is 0. The summed E-state index contributed by atoms with van der Waals surface area (Å²) in [7, 11) is 0. The fraction of sp³-hybridized carbons (Fsp3) is 0. The van der Waals surface area contributed by atoms with Crippen LogP contribution >= 0.6 is 0 Å². The first-order valence-electron chi connectivity index (χ1n) is 20.9. The second-order valence-corrected chi connectivity index (χ2v) is 13.0. The Morgan fingerprint density at radius 3 is 1.69 bits per heavy atom. The van der Waals surface area contributed by atoms with Crippen LogP contribution in [0.4, 0.5) is 0 Å². The Kier molecular flexibility index (Phi) is 4.57. The molecule has 0 N–H and O–H groups in total. The summed E-state index contributed by atoms with van der Waals surface area (Å²) in [6.45, 7) is 0. The molecule has 0 bridgehead atoms. The summed E-state index contributed by atoms with van der Waals surface area (Å²) in [6.07, 6.45) is 0. The maximum atomic E-state index is 9.66. The lowest BCUT2D eigenvalue weighted by molar-refractivity contribution is 0.670. The number of rotatable bonds is 3. The van der Waals surface area contributed by atoms with E-state index < -0.39 is 24.2 Å². The molecule has 0 radical (unpaired) electrons. The van der Waals surface area contributed by atoms with E-state index >= 15 is 0 Å². The molecule has 10 aromatic carbocycles. The number of hydrogen-bond acceptors (Lipinski definition) is 1. The summed E-state index contributed by atoms with van der Waals surface area (Å²) >= 11 is 0. The molecule has 1 nitrogen and oxygen atoms in total. The summed E-state index contributed by atoms with van der Waals surface area (Å²) in [5.41, 5.74) is 4.33. The van der Waals surface area contributed by atoms with Crippen LogP contribution in [0, 0.1) is 0 Å². The highest BCUT2D eigenvalue weighted by Crippen LogP contribution is 2.49. The van der Waals surface area contributed by atoms with Gasteiger partial charge in [0.05, 0.1) is 11.0 Å². The number of benzene rings is 10. The van der Waals surface area contributed by atoms with Crippen LogP contribution in [0.15, 0.2) is 186 Å². The SMILES string of the molecule is [2H]c1c([2H])c([2H])c2c(-c3cc(-c4ccccc4)cc4c3oc3cc5ccccc5cc34)c3c([2H])c([2H])c([2H])c([2H])c3c(-c3cccc4c3ccc3ccccc34)c2c1[2H]. The van der Waals surface area contributed by atoms with Gasteiger partial charge in [-0.25, -0.2) is 0 Å². The molecule has 0 spiro atoms. The van der Waals surface area contributed by atoms with Crippen LogP contribution in [0.2, 0.25) is 0 Å². The first-order valence-corrected chi connectivity index (χ1v) is 16.9. The van der Waals surface area contributed by atoms with Crippen molar-refractivity contribution < 1.29 is 15.4 Å². The van der Waals surface area contributed by atoms with E-state index in [0.717, 1.165) is 54.2 Å². The zero-order valence-corrected chi connectivity index (χ0v) is 27.1. The van der Waals surface area contributed by atoms with Crippen molar-refractivity contribution in [2.24, 2.45) is 0 Å². The minimum absolute atomic E-state index is 0.137. The van der Waals surface area contributed by atoms with Gasteiger partial charge in [0, 0.05) is 21.9 Å². The van der Waals surface area contributed by atoms with Gasteiger partial charge < -0.3 is 4.42 Å². The van der Waals surface area contributed by atoms with E-state index in [4.69, 9.17) is 9.90 Å². The van der Waals surface area contributed by atoms with Crippen LogP contribution in [0.1, 0.15) is 11.0 Å². The van der Waals surface area contributed by atoms with E-state index in [9.17, 15) is 5.48 Å². The van der Waals surface area contributed by atoms with Gasteiger partial charge in [-0.15, -0.1) is 0 Å². The van der Waals surface area contributed by atoms with Gasteiger partial charge in [-0.3, -0.25) is 0 Å². The molecule has 0 aliphatic rings. The third kappa shape index (κ3) is 4.22. The molecule has 51 heavy (non-hydrogen) atoms. The Bertz CT molecular complexity index is 3570. The molecule has 0 amide bonds. The van der Waals surface area contributed by atoms with Gasteiger partial charge in [0.15, 0.2) is 0 Å². The van der Waals surface area contributed by atoms with E-state index in [2.05, 4.69) is 12.1 Å². The molecule has 236 valence electrons. The number of fused-ring (bicyclic) bond motifs is 9. The molecule has 1 heterocycles. The van der Waals surface area contributed by atoms with E-state index in [1.54, 1.807) is 0 Å². The normalized spacial score (nSPS) is 14.1. The molecule has 11 aromatic rings. The van der Waals surface area contributed by atoms with Crippen molar-refractivity contribution in [3.63, 3.8) is 0 Å². The summed E-state index contributed by atoms with van der Waals surface area (Å²) in [5, 5.41) is 7.87. The summed E-state index contributed by atoms with van der Waals surface area (Å²) < 4.78 is 81.5. The smallest absolute Gasteiger partial charge is 0.143 e. The summed E-state index contributed by atoms with van der Waals surface area (Å²) in [6, 6.07) is 40.5. The number of hydrogen-bond donors (Lipinski definition) is 0. The van der Waals surface area contributed by atoms with Gasteiger partial charge >= 0.3 is 0 Å². The fourth-order valence-electron chi connectivity index (χ4n) is 7.97. The minimum atomic E-state index is -0.454. The van der Waals surface area contributed by atoms with Crippen LogP contribution in [-0.4, -0.2) is 0 Å². The zero-order valence-electron chi connectivity index (χ0n) is 35.1.